The fraction of sp³-hybridized carbons (Fsp3) is 0.500. The van der Waals surface area contributed by atoms with Gasteiger partial charge in [0.2, 0.25) is 0 Å². The van der Waals surface area contributed by atoms with Crippen LogP contribution >= 0.6 is 0 Å². The Balaban J connectivity index is 3.04. The molecule has 0 aromatic heterocycles. The van der Waals surface area contributed by atoms with Crippen LogP contribution in [0.1, 0.15) is 37.8 Å². The van der Waals surface area contributed by atoms with Crippen molar-refractivity contribution in [2.75, 3.05) is 0 Å². The Morgan fingerprint density at radius 1 is 0.938 bits per heavy atom. The molecule has 0 saturated carbocycles. The molecule has 1 aromatic rings. The average molecular weight is 231 g/mol. The third-order valence-corrected chi connectivity index (χ3v) is 3.05. The molecule has 4 heteroatoms. The lowest BCUT2D eigenvalue weighted by Gasteiger charge is -2.27. The molecule has 0 amide bonds. The lowest BCUT2D eigenvalue weighted by molar-refractivity contribution is -0.137. The first-order valence-corrected chi connectivity index (χ1v) is 5.30. The topological polar surface area (TPSA) is 26.0 Å². The van der Waals surface area contributed by atoms with Crippen molar-refractivity contribution in [1.29, 1.82) is 0 Å². The van der Waals surface area contributed by atoms with Gasteiger partial charge in [0, 0.05) is 5.54 Å². The second-order valence-corrected chi connectivity index (χ2v) is 3.94. The minimum atomic E-state index is -4.28. The number of halogens is 3. The largest absolute Gasteiger partial charge is 0.416 e. The molecule has 90 valence electrons. The van der Waals surface area contributed by atoms with Crippen LogP contribution in [0.4, 0.5) is 13.2 Å². The monoisotopic (exact) mass is 231 g/mol. The molecule has 16 heavy (non-hydrogen) atoms. The Hall–Kier alpha value is -1.03. The number of benzene rings is 1. The molecule has 0 radical (unpaired) electrons. The quantitative estimate of drug-likeness (QED) is 0.843. The van der Waals surface area contributed by atoms with E-state index in [1.54, 1.807) is 0 Å². The van der Waals surface area contributed by atoms with Crippen molar-refractivity contribution in [2.24, 2.45) is 5.73 Å². The van der Waals surface area contributed by atoms with E-state index in [1.165, 1.54) is 12.1 Å². The molecule has 0 unspecified atom stereocenters. The summed E-state index contributed by atoms with van der Waals surface area (Å²) in [6.07, 6.45) is -2.88. The average Bonchev–Trinajstić information content (AvgIpc) is 2.27. The van der Waals surface area contributed by atoms with E-state index in [0.717, 1.165) is 17.7 Å². The molecule has 0 bridgehead atoms. The maximum Gasteiger partial charge on any atom is 0.416 e. The second kappa shape index (κ2) is 4.45. The first kappa shape index (κ1) is 13.0. The first-order valence-electron chi connectivity index (χ1n) is 5.30. The third kappa shape index (κ3) is 2.55. The zero-order valence-corrected chi connectivity index (χ0v) is 9.43. The highest BCUT2D eigenvalue weighted by atomic mass is 19.4. The van der Waals surface area contributed by atoms with Crippen LogP contribution in [0.15, 0.2) is 24.3 Å². The summed E-state index contributed by atoms with van der Waals surface area (Å²) >= 11 is 0. The predicted octanol–water partition coefficient (Wildman–Crippen LogP) is 3.68. The molecular formula is C12H16F3N. The summed E-state index contributed by atoms with van der Waals surface area (Å²) in [6, 6.07) is 5.11. The van der Waals surface area contributed by atoms with Gasteiger partial charge in [0.25, 0.3) is 0 Å². The summed E-state index contributed by atoms with van der Waals surface area (Å²) in [4.78, 5) is 0. The number of hydrogen-bond donors (Lipinski definition) is 1. The highest BCUT2D eigenvalue weighted by molar-refractivity contribution is 5.29. The smallest absolute Gasteiger partial charge is 0.321 e. The molecule has 0 fully saturated rings. The van der Waals surface area contributed by atoms with Crippen molar-refractivity contribution < 1.29 is 13.2 Å². The summed E-state index contributed by atoms with van der Waals surface area (Å²) in [5, 5.41) is 0. The van der Waals surface area contributed by atoms with Crippen molar-refractivity contribution in [3.63, 3.8) is 0 Å². The van der Waals surface area contributed by atoms with E-state index < -0.39 is 17.3 Å². The maximum absolute atomic E-state index is 12.3. The van der Waals surface area contributed by atoms with Crippen LogP contribution in [0.2, 0.25) is 0 Å². The lowest BCUT2D eigenvalue weighted by Crippen LogP contribution is -2.35. The van der Waals surface area contributed by atoms with Crippen LogP contribution in [-0.4, -0.2) is 0 Å². The molecule has 0 aliphatic rings. The van der Waals surface area contributed by atoms with Gasteiger partial charge < -0.3 is 5.73 Å². The van der Waals surface area contributed by atoms with Crippen molar-refractivity contribution >= 4 is 0 Å². The highest BCUT2D eigenvalue weighted by Crippen LogP contribution is 2.32. The van der Waals surface area contributed by atoms with Crippen LogP contribution in [0.3, 0.4) is 0 Å². The van der Waals surface area contributed by atoms with Crippen LogP contribution in [-0.2, 0) is 11.7 Å². The number of hydrogen-bond acceptors (Lipinski definition) is 1. The summed E-state index contributed by atoms with van der Waals surface area (Å²) in [5.74, 6) is 0. The van der Waals surface area contributed by atoms with E-state index >= 15 is 0 Å². The Kier molecular flexibility index (Phi) is 3.63. The van der Waals surface area contributed by atoms with Gasteiger partial charge in [-0.1, -0.05) is 26.0 Å². The Morgan fingerprint density at radius 2 is 1.31 bits per heavy atom. The second-order valence-electron chi connectivity index (χ2n) is 3.94. The molecule has 1 aromatic carbocycles. The molecule has 1 rings (SSSR count). The molecule has 0 aliphatic carbocycles. The van der Waals surface area contributed by atoms with Gasteiger partial charge in [0.05, 0.1) is 5.56 Å². The van der Waals surface area contributed by atoms with Crippen molar-refractivity contribution in [3.8, 4) is 0 Å². The van der Waals surface area contributed by atoms with Crippen molar-refractivity contribution in [2.45, 2.75) is 38.4 Å². The third-order valence-electron chi connectivity index (χ3n) is 3.05. The Bertz CT molecular complexity index is 336. The van der Waals surface area contributed by atoms with Crippen LogP contribution in [0.5, 0.6) is 0 Å². The normalized spacial score (nSPS) is 12.9. The molecule has 1 nitrogen and oxygen atoms in total. The number of alkyl halides is 3. The van der Waals surface area contributed by atoms with E-state index in [1.807, 2.05) is 13.8 Å². The van der Waals surface area contributed by atoms with E-state index in [2.05, 4.69) is 0 Å². The Labute approximate surface area is 93.5 Å². The zero-order chi connectivity index (χ0) is 12.4. The fourth-order valence-electron chi connectivity index (χ4n) is 1.65. The van der Waals surface area contributed by atoms with Crippen LogP contribution < -0.4 is 5.73 Å². The predicted molar refractivity (Wildman–Crippen MR) is 57.9 cm³/mol. The lowest BCUT2D eigenvalue weighted by atomic mass is 9.85. The maximum atomic E-state index is 12.3. The van der Waals surface area contributed by atoms with E-state index in [4.69, 9.17) is 5.73 Å². The number of nitrogens with two attached hydrogens (primary N) is 1. The molecule has 2 N–H and O–H groups in total. The molecule has 0 heterocycles. The van der Waals surface area contributed by atoms with Gasteiger partial charge in [0.15, 0.2) is 0 Å². The van der Waals surface area contributed by atoms with Gasteiger partial charge >= 0.3 is 6.18 Å². The minimum absolute atomic E-state index is 0.524. The summed E-state index contributed by atoms with van der Waals surface area (Å²) < 4.78 is 37.0. The van der Waals surface area contributed by atoms with E-state index in [-0.39, 0.29) is 0 Å². The summed E-state index contributed by atoms with van der Waals surface area (Å²) in [6.45, 7) is 3.86. The van der Waals surface area contributed by atoms with Crippen molar-refractivity contribution in [1.82, 2.24) is 0 Å². The van der Waals surface area contributed by atoms with Gasteiger partial charge in [-0.15, -0.1) is 0 Å². The first-order chi connectivity index (χ1) is 7.33. The zero-order valence-electron chi connectivity index (χ0n) is 9.43. The van der Waals surface area contributed by atoms with Gasteiger partial charge in [-0.05, 0) is 30.5 Å². The SMILES string of the molecule is CCC(N)(CC)c1ccc(C(F)(F)F)cc1. The number of rotatable bonds is 3. The molecule has 0 spiro atoms. The van der Waals surface area contributed by atoms with Gasteiger partial charge in [-0.3, -0.25) is 0 Å². The fourth-order valence-corrected chi connectivity index (χ4v) is 1.65. The van der Waals surface area contributed by atoms with E-state index in [0.29, 0.717) is 12.8 Å². The molecule has 0 atom stereocenters. The summed E-state index contributed by atoms with van der Waals surface area (Å²) in [5.41, 5.74) is 5.69. The van der Waals surface area contributed by atoms with Crippen LogP contribution in [0, 0.1) is 0 Å². The highest BCUT2D eigenvalue weighted by Gasteiger charge is 2.31. The van der Waals surface area contributed by atoms with Gasteiger partial charge in [-0.2, -0.15) is 13.2 Å². The molecule has 0 saturated heterocycles. The summed E-state index contributed by atoms with van der Waals surface area (Å²) in [7, 11) is 0. The molecular weight excluding hydrogens is 215 g/mol. The standard InChI is InChI=1S/C12H16F3N/c1-3-11(16,4-2)9-5-7-10(8-6-9)12(13,14)15/h5-8H,3-4,16H2,1-2H3. The Morgan fingerprint density at radius 3 is 1.62 bits per heavy atom. The van der Waals surface area contributed by atoms with Gasteiger partial charge in [-0.25, -0.2) is 0 Å². The van der Waals surface area contributed by atoms with Crippen molar-refractivity contribution in [3.05, 3.63) is 35.4 Å². The van der Waals surface area contributed by atoms with Gasteiger partial charge in [0.1, 0.15) is 0 Å². The van der Waals surface area contributed by atoms with Crippen LogP contribution in [0.25, 0.3) is 0 Å². The molecule has 0 aliphatic heterocycles. The minimum Gasteiger partial charge on any atom is -0.321 e. The van der Waals surface area contributed by atoms with E-state index in [9.17, 15) is 13.2 Å².